The van der Waals surface area contributed by atoms with Crippen molar-refractivity contribution in [2.75, 3.05) is 18.0 Å². The van der Waals surface area contributed by atoms with Crippen LogP contribution in [0.25, 0.3) is 0 Å². The Balaban J connectivity index is 2.98. The lowest BCUT2D eigenvalue weighted by molar-refractivity contribution is -0.119. The predicted molar refractivity (Wildman–Crippen MR) is 61.6 cm³/mol. The maximum atomic E-state index is 12.4. The van der Waals surface area contributed by atoms with Crippen LogP contribution in [-0.2, 0) is 0 Å². The monoisotopic (exact) mass is 261 g/mol. The van der Waals surface area contributed by atoms with E-state index in [1.165, 1.54) is 12.3 Å². The highest BCUT2D eigenvalue weighted by Crippen LogP contribution is 2.19. The summed E-state index contributed by atoms with van der Waals surface area (Å²) in [6, 6.07) is 1.38. The number of nitrogens with zero attached hydrogens (tertiary/aromatic N) is 3. The zero-order valence-corrected chi connectivity index (χ0v) is 9.83. The Labute approximate surface area is 102 Å². The van der Waals surface area contributed by atoms with Crippen LogP contribution in [0.3, 0.4) is 0 Å². The van der Waals surface area contributed by atoms with Gasteiger partial charge in [-0.3, -0.25) is 5.41 Å². The summed E-state index contributed by atoms with van der Waals surface area (Å²) in [5, 5.41) is 7.20. The molecule has 0 saturated heterocycles. The molecule has 0 fully saturated rings. The first-order valence-electron chi connectivity index (χ1n) is 5.32. The van der Waals surface area contributed by atoms with Gasteiger partial charge in [0.15, 0.2) is 0 Å². The van der Waals surface area contributed by atoms with Gasteiger partial charge in [-0.2, -0.15) is 13.2 Å². The zero-order chi connectivity index (χ0) is 13.8. The van der Waals surface area contributed by atoms with Crippen LogP contribution in [0.4, 0.5) is 19.1 Å². The average Bonchev–Trinajstić information content (AvgIpc) is 2.27. The lowest BCUT2D eigenvalue weighted by atomic mass is 10.3. The second-order valence-electron chi connectivity index (χ2n) is 3.69. The molecule has 0 saturated carbocycles. The van der Waals surface area contributed by atoms with E-state index in [2.05, 4.69) is 9.97 Å². The molecule has 100 valence electrons. The van der Waals surface area contributed by atoms with Gasteiger partial charge in [-0.05, 0) is 12.5 Å². The topological polar surface area (TPSA) is 78.9 Å². The van der Waals surface area contributed by atoms with Gasteiger partial charge in [-0.25, -0.2) is 9.97 Å². The van der Waals surface area contributed by atoms with Crippen LogP contribution in [0, 0.1) is 5.41 Å². The summed E-state index contributed by atoms with van der Waals surface area (Å²) in [6.45, 7) is 0.821. The largest absolute Gasteiger partial charge is 0.406 e. The van der Waals surface area contributed by atoms with E-state index in [0.717, 1.165) is 4.90 Å². The molecule has 0 aliphatic rings. The van der Waals surface area contributed by atoms with Crippen LogP contribution in [0.1, 0.15) is 19.0 Å². The summed E-state index contributed by atoms with van der Waals surface area (Å²) in [4.78, 5) is 8.65. The van der Waals surface area contributed by atoms with Crippen LogP contribution < -0.4 is 10.6 Å². The van der Waals surface area contributed by atoms with E-state index in [0.29, 0.717) is 6.42 Å². The van der Waals surface area contributed by atoms with Gasteiger partial charge < -0.3 is 10.6 Å². The first-order valence-corrected chi connectivity index (χ1v) is 5.32. The molecule has 0 aliphatic heterocycles. The Hall–Kier alpha value is -1.86. The van der Waals surface area contributed by atoms with Crippen molar-refractivity contribution in [3.05, 3.63) is 18.0 Å². The van der Waals surface area contributed by atoms with E-state index in [1.807, 2.05) is 0 Å². The fraction of sp³-hybridized carbons (Fsp3) is 0.500. The molecule has 0 atom stereocenters. The van der Waals surface area contributed by atoms with Gasteiger partial charge in [-0.1, -0.05) is 6.92 Å². The molecule has 0 bridgehead atoms. The molecule has 1 heterocycles. The number of amidine groups is 1. The normalized spacial score (nSPS) is 11.3. The van der Waals surface area contributed by atoms with Gasteiger partial charge in [0.25, 0.3) is 0 Å². The van der Waals surface area contributed by atoms with Crippen molar-refractivity contribution in [2.24, 2.45) is 5.73 Å². The van der Waals surface area contributed by atoms with Gasteiger partial charge >= 0.3 is 6.18 Å². The van der Waals surface area contributed by atoms with Gasteiger partial charge in [0.05, 0.1) is 0 Å². The molecule has 0 aliphatic carbocycles. The SMILES string of the molecule is CCCN(CC(F)(F)F)c1nccc(C(=N)N)n1. The molecular weight excluding hydrogens is 247 g/mol. The van der Waals surface area contributed by atoms with Crippen molar-refractivity contribution < 1.29 is 13.2 Å². The molecule has 0 aromatic carbocycles. The van der Waals surface area contributed by atoms with E-state index in [1.54, 1.807) is 6.92 Å². The fourth-order valence-corrected chi connectivity index (χ4v) is 1.39. The molecular formula is C10H14F3N5. The molecule has 18 heavy (non-hydrogen) atoms. The number of nitrogens with one attached hydrogen (secondary N) is 1. The zero-order valence-electron chi connectivity index (χ0n) is 9.83. The Kier molecular flexibility index (Phi) is 4.46. The standard InChI is InChI=1S/C10H14F3N5/c1-2-5-18(6-10(11,12)13)9-16-4-3-7(17-9)8(14)15/h3-4H,2,5-6H2,1H3,(H3,14,15). The highest BCUT2D eigenvalue weighted by Gasteiger charge is 2.31. The second-order valence-corrected chi connectivity index (χ2v) is 3.69. The van der Waals surface area contributed by atoms with E-state index in [4.69, 9.17) is 11.1 Å². The van der Waals surface area contributed by atoms with Crippen molar-refractivity contribution in [3.8, 4) is 0 Å². The number of nitrogen functional groups attached to an aromatic ring is 1. The third kappa shape index (κ3) is 4.19. The van der Waals surface area contributed by atoms with Crippen LogP contribution in [0.5, 0.6) is 0 Å². The quantitative estimate of drug-likeness (QED) is 0.622. The third-order valence-electron chi connectivity index (χ3n) is 2.07. The highest BCUT2D eigenvalue weighted by atomic mass is 19.4. The molecule has 3 N–H and O–H groups in total. The van der Waals surface area contributed by atoms with Gasteiger partial charge in [0.1, 0.15) is 18.1 Å². The van der Waals surface area contributed by atoms with Crippen molar-refractivity contribution in [1.29, 1.82) is 5.41 Å². The van der Waals surface area contributed by atoms with Crippen molar-refractivity contribution in [2.45, 2.75) is 19.5 Å². The Morgan fingerprint density at radius 3 is 2.67 bits per heavy atom. The van der Waals surface area contributed by atoms with Gasteiger partial charge in [-0.15, -0.1) is 0 Å². The Morgan fingerprint density at radius 2 is 2.17 bits per heavy atom. The average molecular weight is 261 g/mol. The summed E-state index contributed by atoms with van der Waals surface area (Å²) in [5.41, 5.74) is 5.35. The minimum absolute atomic E-state index is 0.0677. The Bertz CT molecular complexity index is 418. The van der Waals surface area contributed by atoms with Crippen LogP contribution in [0.2, 0.25) is 0 Å². The fourth-order valence-electron chi connectivity index (χ4n) is 1.39. The number of hydrogen-bond donors (Lipinski definition) is 2. The van der Waals surface area contributed by atoms with E-state index in [-0.39, 0.29) is 24.0 Å². The number of halogens is 3. The number of anilines is 1. The molecule has 5 nitrogen and oxygen atoms in total. The predicted octanol–water partition coefficient (Wildman–Crippen LogP) is 1.54. The van der Waals surface area contributed by atoms with Gasteiger partial charge in [0, 0.05) is 12.7 Å². The highest BCUT2D eigenvalue weighted by molar-refractivity contribution is 5.93. The first-order chi connectivity index (χ1) is 8.33. The summed E-state index contributed by atoms with van der Waals surface area (Å²) in [7, 11) is 0. The van der Waals surface area contributed by atoms with E-state index >= 15 is 0 Å². The summed E-state index contributed by atoms with van der Waals surface area (Å²) in [5.74, 6) is -0.371. The molecule has 8 heteroatoms. The maximum absolute atomic E-state index is 12.4. The molecule has 0 unspecified atom stereocenters. The summed E-state index contributed by atoms with van der Waals surface area (Å²) >= 11 is 0. The molecule has 0 spiro atoms. The lowest BCUT2D eigenvalue weighted by Crippen LogP contribution is -2.36. The minimum Gasteiger partial charge on any atom is -0.382 e. The van der Waals surface area contributed by atoms with Gasteiger partial charge in [0.2, 0.25) is 5.95 Å². The van der Waals surface area contributed by atoms with Crippen LogP contribution >= 0.6 is 0 Å². The Morgan fingerprint density at radius 1 is 1.50 bits per heavy atom. The molecule has 1 aromatic heterocycles. The van der Waals surface area contributed by atoms with Crippen LogP contribution in [-0.4, -0.2) is 35.1 Å². The number of rotatable bonds is 5. The lowest BCUT2D eigenvalue weighted by Gasteiger charge is -2.23. The van der Waals surface area contributed by atoms with Crippen molar-refractivity contribution in [3.63, 3.8) is 0 Å². The van der Waals surface area contributed by atoms with E-state index < -0.39 is 12.7 Å². The first kappa shape index (κ1) is 14.2. The van der Waals surface area contributed by atoms with Crippen LogP contribution in [0.15, 0.2) is 12.3 Å². The van der Waals surface area contributed by atoms with Crippen molar-refractivity contribution in [1.82, 2.24) is 9.97 Å². The smallest absolute Gasteiger partial charge is 0.382 e. The second kappa shape index (κ2) is 5.65. The number of hydrogen-bond acceptors (Lipinski definition) is 4. The minimum atomic E-state index is -4.33. The van der Waals surface area contributed by atoms with E-state index in [9.17, 15) is 13.2 Å². The third-order valence-corrected chi connectivity index (χ3v) is 2.07. The number of nitrogens with two attached hydrogens (primary N) is 1. The summed E-state index contributed by atoms with van der Waals surface area (Å²) in [6.07, 6.45) is -2.51. The number of alkyl halides is 3. The van der Waals surface area contributed by atoms with Crippen molar-refractivity contribution >= 4 is 11.8 Å². The number of aromatic nitrogens is 2. The summed E-state index contributed by atoms with van der Waals surface area (Å²) < 4.78 is 37.2. The maximum Gasteiger partial charge on any atom is 0.406 e. The molecule has 1 aromatic rings. The molecule has 0 amide bonds. The molecule has 0 radical (unpaired) electrons. The molecule has 1 rings (SSSR count).